The number of likely N-dealkylation sites (tertiary alicyclic amines) is 1. The summed E-state index contributed by atoms with van der Waals surface area (Å²) >= 11 is 1.28. The zero-order valence-electron chi connectivity index (χ0n) is 16.2. The first-order valence-corrected chi connectivity index (χ1v) is 10.8. The van der Waals surface area contributed by atoms with E-state index in [0.717, 1.165) is 12.8 Å². The van der Waals surface area contributed by atoms with Gasteiger partial charge in [-0.05, 0) is 42.7 Å². The van der Waals surface area contributed by atoms with Crippen LogP contribution in [0, 0.1) is 11.3 Å². The Hall–Kier alpha value is -3.04. The van der Waals surface area contributed by atoms with Gasteiger partial charge in [-0.25, -0.2) is 0 Å². The summed E-state index contributed by atoms with van der Waals surface area (Å²) in [5.41, 5.74) is 1.96. The van der Waals surface area contributed by atoms with Crippen molar-refractivity contribution in [3.8, 4) is 6.07 Å². The van der Waals surface area contributed by atoms with Crippen LogP contribution in [0.2, 0.25) is 0 Å². The summed E-state index contributed by atoms with van der Waals surface area (Å²) in [6.45, 7) is 1.32. The molecule has 0 bridgehead atoms. The number of benzene rings is 1. The molecule has 0 N–H and O–H groups in total. The fraction of sp³-hybridized carbons (Fsp3) is 0.261. The Morgan fingerprint density at radius 2 is 1.79 bits per heavy atom. The molecule has 146 valence electrons. The molecule has 1 aromatic carbocycles. The van der Waals surface area contributed by atoms with Gasteiger partial charge in [-0.3, -0.25) is 14.0 Å². The average molecular weight is 404 g/mol. The highest BCUT2D eigenvalue weighted by molar-refractivity contribution is 7.98. The molecule has 0 spiro atoms. The van der Waals surface area contributed by atoms with Gasteiger partial charge in [-0.2, -0.15) is 5.26 Å². The maximum atomic E-state index is 13.5. The molecule has 4 rings (SSSR count). The molecule has 2 aromatic heterocycles. The molecule has 1 saturated heterocycles. The first kappa shape index (κ1) is 19.3. The maximum Gasteiger partial charge on any atom is 0.274 e. The SMILES string of the molecule is CSc1c(C#N)c(=O)n2ccccc2c1C(=O)N1CCC(c2ccccc2)CC1. The van der Waals surface area contributed by atoms with E-state index < -0.39 is 0 Å². The van der Waals surface area contributed by atoms with Crippen molar-refractivity contribution in [1.82, 2.24) is 9.30 Å². The van der Waals surface area contributed by atoms with Crippen LogP contribution < -0.4 is 5.56 Å². The van der Waals surface area contributed by atoms with Gasteiger partial charge in [0.1, 0.15) is 11.6 Å². The van der Waals surface area contributed by atoms with Gasteiger partial charge in [0.05, 0.1) is 11.1 Å². The predicted octanol–water partition coefficient (Wildman–Crippen LogP) is 3.91. The lowest BCUT2D eigenvalue weighted by Gasteiger charge is -2.33. The molecule has 1 aliphatic rings. The predicted molar refractivity (Wildman–Crippen MR) is 114 cm³/mol. The minimum atomic E-state index is -0.383. The third kappa shape index (κ3) is 3.43. The van der Waals surface area contributed by atoms with Crippen molar-refractivity contribution in [2.75, 3.05) is 19.3 Å². The van der Waals surface area contributed by atoms with Gasteiger partial charge in [0.2, 0.25) is 0 Å². The lowest BCUT2D eigenvalue weighted by molar-refractivity contribution is 0.0711. The molecule has 29 heavy (non-hydrogen) atoms. The van der Waals surface area contributed by atoms with Crippen molar-refractivity contribution in [2.45, 2.75) is 23.7 Å². The minimum absolute atomic E-state index is 0.0312. The van der Waals surface area contributed by atoms with Crippen LogP contribution in [0.5, 0.6) is 0 Å². The second kappa shape index (κ2) is 8.14. The number of piperidine rings is 1. The van der Waals surface area contributed by atoms with Crippen LogP contribution in [-0.2, 0) is 0 Å². The van der Waals surface area contributed by atoms with E-state index in [1.807, 2.05) is 23.1 Å². The Morgan fingerprint density at radius 3 is 2.45 bits per heavy atom. The van der Waals surface area contributed by atoms with Gasteiger partial charge in [0, 0.05) is 24.2 Å². The Labute approximate surface area is 173 Å². The maximum absolute atomic E-state index is 13.5. The number of aromatic nitrogens is 1. The number of carbonyl (C=O) groups excluding carboxylic acids is 1. The van der Waals surface area contributed by atoms with Crippen molar-refractivity contribution in [2.24, 2.45) is 0 Å². The number of fused-ring (bicyclic) bond motifs is 1. The number of nitriles is 1. The Balaban J connectivity index is 1.70. The number of nitrogens with zero attached hydrogens (tertiary/aromatic N) is 3. The first-order valence-electron chi connectivity index (χ1n) is 9.61. The van der Waals surface area contributed by atoms with E-state index in [-0.39, 0.29) is 17.0 Å². The molecule has 1 amide bonds. The van der Waals surface area contributed by atoms with E-state index in [1.54, 1.807) is 24.6 Å². The average Bonchev–Trinajstić information content (AvgIpc) is 2.79. The normalized spacial score (nSPS) is 14.7. The molecule has 0 aliphatic carbocycles. The monoisotopic (exact) mass is 403 g/mol. The van der Waals surface area contributed by atoms with Crippen molar-refractivity contribution in [1.29, 1.82) is 5.26 Å². The van der Waals surface area contributed by atoms with Gasteiger partial charge >= 0.3 is 0 Å². The van der Waals surface area contributed by atoms with E-state index in [1.165, 1.54) is 21.7 Å². The summed E-state index contributed by atoms with van der Waals surface area (Å²) in [6, 6.07) is 17.7. The van der Waals surface area contributed by atoms with Crippen LogP contribution >= 0.6 is 11.8 Å². The van der Waals surface area contributed by atoms with Gasteiger partial charge < -0.3 is 4.90 Å². The fourth-order valence-corrected chi connectivity index (χ4v) is 4.82. The zero-order chi connectivity index (χ0) is 20.4. The molecule has 3 heterocycles. The Morgan fingerprint density at radius 1 is 1.10 bits per heavy atom. The van der Waals surface area contributed by atoms with Crippen LogP contribution in [0.1, 0.15) is 40.2 Å². The van der Waals surface area contributed by atoms with Crippen molar-refractivity contribution < 1.29 is 4.79 Å². The standard InChI is InChI=1S/C23H21N3O2S/c1-29-21-18(15-24)22(27)26-12-6-5-9-19(26)20(21)23(28)25-13-10-17(11-14-25)16-7-3-2-4-8-16/h2-9,12,17H,10-11,13-14H2,1H3. The third-order valence-electron chi connectivity index (χ3n) is 5.59. The molecule has 5 nitrogen and oxygen atoms in total. The molecule has 6 heteroatoms. The van der Waals surface area contributed by atoms with E-state index >= 15 is 0 Å². The van der Waals surface area contributed by atoms with Crippen LogP contribution in [0.3, 0.4) is 0 Å². The molecule has 0 radical (unpaired) electrons. The van der Waals surface area contributed by atoms with Crippen LogP contribution in [0.15, 0.2) is 64.4 Å². The molecule has 0 unspecified atom stereocenters. The quantitative estimate of drug-likeness (QED) is 0.622. The summed E-state index contributed by atoms with van der Waals surface area (Å²) in [5.74, 6) is 0.339. The van der Waals surface area contributed by atoms with E-state index in [0.29, 0.717) is 35.0 Å². The third-order valence-corrected chi connectivity index (χ3v) is 6.40. The molecular formula is C23H21N3O2S. The Kier molecular flexibility index (Phi) is 5.41. The first-order chi connectivity index (χ1) is 14.2. The van der Waals surface area contributed by atoms with Crippen LogP contribution in [0.4, 0.5) is 0 Å². The number of amides is 1. The summed E-state index contributed by atoms with van der Waals surface area (Å²) in [5, 5.41) is 9.57. The summed E-state index contributed by atoms with van der Waals surface area (Å²) in [6.07, 6.45) is 5.22. The lowest BCUT2D eigenvalue weighted by Crippen LogP contribution is -2.39. The highest BCUT2D eigenvalue weighted by Gasteiger charge is 2.29. The summed E-state index contributed by atoms with van der Waals surface area (Å²) < 4.78 is 1.40. The second-order valence-corrected chi connectivity index (χ2v) is 7.95. The fourth-order valence-electron chi connectivity index (χ4n) is 4.09. The molecular weight excluding hydrogens is 382 g/mol. The van der Waals surface area contributed by atoms with Crippen LogP contribution in [-0.4, -0.2) is 34.6 Å². The van der Waals surface area contributed by atoms with Gasteiger partial charge in [0.25, 0.3) is 11.5 Å². The number of carbonyl (C=O) groups is 1. The molecule has 0 atom stereocenters. The Bertz CT molecular complexity index is 1160. The van der Waals surface area contributed by atoms with Crippen molar-refractivity contribution in [3.63, 3.8) is 0 Å². The van der Waals surface area contributed by atoms with Gasteiger partial charge in [-0.1, -0.05) is 36.4 Å². The number of hydrogen-bond donors (Lipinski definition) is 0. The van der Waals surface area contributed by atoms with E-state index in [2.05, 4.69) is 24.3 Å². The number of hydrogen-bond acceptors (Lipinski definition) is 4. The lowest BCUT2D eigenvalue weighted by atomic mass is 9.89. The van der Waals surface area contributed by atoms with Gasteiger partial charge in [-0.15, -0.1) is 11.8 Å². The summed E-state index contributed by atoms with van der Waals surface area (Å²) in [4.78, 5) is 28.5. The van der Waals surface area contributed by atoms with E-state index in [4.69, 9.17) is 0 Å². The van der Waals surface area contributed by atoms with E-state index in [9.17, 15) is 14.9 Å². The highest BCUT2D eigenvalue weighted by atomic mass is 32.2. The zero-order valence-corrected chi connectivity index (χ0v) is 17.0. The van der Waals surface area contributed by atoms with Crippen LogP contribution in [0.25, 0.3) is 5.52 Å². The molecule has 1 aliphatic heterocycles. The van der Waals surface area contributed by atoms with Crippen molar-refractivity contribution >= 4 is 23.2 Å². The largest absolute Gasteiger partial charge is 0.339 e. The molecule has 0 saturated carbocycles. The summed E-state index contributed by atoms with van der Waals surface area (Å²) in [7, 11) is 0. The minimum Gasteiger partial charge on any atom is -0.339 e. The molecule has 1 fully saturated rings. The smallest absolute Gasteiger partial charge is 0.274 e. The number of thioether (sulfide) groups is 1. The van der Waals surface area contributed by atoms with Gasteiger partial charge in [0.15, 0.2) is 0 Å². The number of pyridine rings is 2. The molecule has 3 aromatic rings. The number of rotatable bonds is 3. The highest BCUT2D eigenvalue weighted by Crippen LogP contribution is 2.31. The second-order valence-electron chi connectivity index (χ2n) is 7.13. The van der Waals surface area contributed by atoms with Crippen molar-refractivity contribution in [3.05, 3.63) is 81.8 Å². The topological polar surface area (TPSA) is 65.6 Å².